The van der Waals surface area contributed by atoms with Crippen LogP contribution >= 0.6 is 0 Å². The average Bonchev–Trinajstić information content (AvgIpc) is 2.77. The number of hydrogen-bond donors (Lipinski definition) is 0. The van der Waals surface area contributed by atoms with Crippen LogP contribution < -0.4 is 4.90 Å². The van der Waals surface area contributed by atoms with E-state index in [1.54, 1.807) is 12.5 Å². The van der Waals surface area contributed by atoms with Crippen LogP contribution in [0.4, 0.5) is 5.82 Å². The minimum absolute atomic E-state index is 0.227. The molecule has 96 valence electrons. The van der Waals surface area contributed by atoms with Crippen molar-refractivity contribution in [3.8, 4) is 0 Å². The number of pyridine rings is 1. The molecule has 2 aromatic rings. The fourth-order valence-electron chi connectivity index (χ4n) is 1.79. The van der Waals surface area contributed by atoms with E-state index in [1.807, 2.05) is 29.6 Å². The molecule has 2 rings (SSSR count). The second-order valence-corrected chi connectivity index (χ2v) is 4.11. The van der Waals surface area contributed by atoms with E-state index in [2.05, 4.69) is 14.7 Å². The monoisotopic (exact) mass is 248 g/mol. The molecule has 0 spiro atoms. The molecule has 0 aromatic carbocycles. The van der Waals surface area contributed by atoms with Gasteiger partial charge in [-0.3, -0.25) is 4.79 Å². The number of rotatable bonds is 4. The normalized spacial score (nSPS) is 10.6. The van der Waals surface area contributed by atoms with Gasteiger partial charge in [0, 0.05) is 26.8 Å². The first-order chi connectivity index (χ1) is 8.63. The van der Waals surface area contributed by atoms with Crippen LogP contribution in [0.15, 0.2) is 18.6 Å². The summed E-state index contributed by atoms with van der Waals surface area (Å²) < 4.78 is 6.56. The smallest absolute Gasteiger partial charge is 0.307 e. The predicted octanol–water partition coefficient (Wildman–Crippen LogP) is 0.968. The molecule has 0 bridgehead atoms. The molecule has 0 atom stereocenters. The predicted molar refractivity (Wildman–Crippen MR) is 68.4 cm³/mol. The Kier molecular flexibility index (Phi) is 3.45. The van der Waals surface area contributed by atoms with Crippen molar-refractivity contribution < 1.29 is 9.53 Å². The highest BCUT2D eigenvalue weighted by molar-refractivity contribution is 5.86. The van der Waals surface area contributed by atoms with Crippen LogP contribution in [0, 0.1) is 0 Å². The lowest BCUT2D eigenvalue weighted by Gasteiger charge is -2.17. The molecule has 0 aliphatic heterocycles. The van der Waals surface area contributed by atoms with E-state index in [4.69, 9.17) is 0 Å². The summed E-state index contributed by atoms with van der Waals surface area (Å²) in [6.07, 6.45) is 3.83. The molecule has 0 aliphatic rings. The van der Waals surface area contributed by atoms with E-state index in [-0.39, 0.29) is 5.97 Å². The van der Waals surface area contributed by atoms with Crippen molar-refractivity contribution in [1.29, 1.82) is 0 Å². The zero-order valence-electron chi connectivity index (χ0n) is 10.8. The summed E-state index contributed by atoms with van der Waals surface area (Å²) in [4.78, 5) is 21.7. The van der Waals surface area contributed by atoms with Crippen LogP contribution in [0.2, 0.25) is 0 Å². The second-order valence-electron chi connectivity index (χ2n) is 4.11. The van der Waals surface area contributed by atoms with Crippen LogP contribution in [0.25, 0.3) is 11.0 Å². The van der Waals surface area contributed by atoms with Crippen molar-refractivity contribution in [2.45, 2.75) is 6.42 Å². The number of nitrogens with zero attached hydrogens (tertiary/aromatic N) is 4. The fraction of sp³-hybridized carbons (Fsp3) is 0.417. The largest absolute Gasteiger partial charge is 0.469 e. The number of esters is 1. The molecular weight excluding hydrogens is 232 g/mol. The quantitative estimate of drug-likeness (QED) is 0.754. The van der Waals surface area contributed by atoms with E-state index in [0.29, 0.717) is 13.0 Å². The molecule has 0 saturated carbocycles. The molecule has 0 fully saturated rings. The molecule has 2 heterocycles. The molecular formula is C12H16N4O2. The Hall–Kier alpha value is -2.11. The van der Waals surface area contributed by atoms with Gasteiger partial charge in [0.15, 0.2) is 5.82 Å². The minimum Gasteiger partial charge on any atom is -0.469 e. The molecule has 0 aliphatic carbocycles. The van der Waals surface area contributed by atoms with Crippen molar-refractivity contribution in [3.63, 3.8) is 0 Å². The van der Waals surface area contributed by atoms with Crippen LogP contribution in [-0.2, 0) is 16.6 Å². The lowest BCUT2D eigenvalue weighted by molar-refractivity contribution is -0.140. The summed E-state index contributed by atoms with van der Waals surface area (Å²) in [6, 6.07) is 1.92. The molecule has 6 nitrogen and oxygen atoms in total. The summed E-state index contributed by atoms with van der Waals surface area (Å²) in [7, 11) is 5.22. The number of ether oxygens (including phenoxy) is 1. The number of anilines is 1. The van der Waals surface area contributed by atoms with Gasteiger partial charge in [-0.25, -0.2) is 9.97 Å². The molecule has 0 radical (unpaired) electrons. The minimum atomic E-state index is -0.227. The molecule has 6 heteroatoms. The maximum atomic E-state index is 11.1. The lowest BCUT2D eigenvalue weighted by atomic mass is 10.3. The van der Waals surface area contributed by atoms with Crippen LogP contribution in [0.3, 0.4) is 0 Å². The number of imidazole rings is 1. The Labute approximate surface area is 105 Å². The van der Waals surface area contributed by atoms with E-state index < -0.39 is 0 Å². The standard InChI is InChI=1S/C12H16N4O2/c1-15(7-5-10(17)18-3)12-11-9(4-6-13-12)16(2)8-14-11/h4,6,8H,5,7H2,1-3H3. The van der Waals surface area contributed by atoms with Crippen LogP contribution in [0.1, 0.15) is 6.42 Å². The highest BCUT2D eigenvalue weighted by Crippen LogP contribution is 2.21. The zero-order valence-corrected chi connectivity index (χ0v) is 10.8. The number of fused-ring (bicyclic) bond motifs is 1. The summed E-state index contributed by atoms with van der Waals surface area (Å²) in [5.74, 6) is 0.548. The molecule has 0 amide bonds. The first-order valence-electron chi connectivity index (χ1n) is 5.67. The van der Waals surface area contributed by atoms with Crippen molar-refractivity contribution in [1.82, 2.24) is 14.5 Å². The van der Waals surface area contributed by atoms with Crippen molar-refractivity contribution >= 4 is 22.8 Å². The van der Waals surface area contributed by atoms with Gasteiger partial charge >= 0.3 is 5.97 Å². The van der Waals surface area contributed by atoms with Gasteiger partial charge in [-0.2, -0.15) is 0 Å². The molecule has 2 aromatic heterocycles. The van der Waals surface area contributed by atoms with Crippen LogP contribution in [-0.4, -0.2) is 41.2 Å². The maximum absolute atomic E-state index is 11.1. The highest BCUT2D eigenvalue weighted by atomic mass is 16.5. The first-order valence-corrected chi connectivity index (χ1v) is 5.67. The van der Waals surface area contributed by atoms with Gasteiger partial charge in [-0.1, -0.05) is 0 Å². The number of carbonyl (C=O) groups is 1. The third-order valence-electron chi connectivity index (χ3n) is 2.86. The lowest BCUT2D eigenvalue weighted by Crippen LogP contribution is -2.22. The van der Waals surface area contributed by atoms with E-state index >= 15 is 0 Å². The second kappa shape index (κ2) is 5.03. The third-order valence-corrected chi connectivity index (χ3v) is 2.86. The summed E-state index contributed by atoms with van der Waals surface area (Å²) in [5.41, 5.74) is 1.86. The number of aromatic nitrogens is 3. The average molecular weight is 248 g/mol. The van der Waals surface area contributed by atoms with Crippen molar-refractivity contribution in [2.24, 2.45) is 7.05 Å². The summed E-state index contributed by atoms with van der Waals surface area (Å²) >= 11 is 0. The number of methoxy groups -OCH3 is 1. The van der Waals surface area contributed by atoms with Gasteiger partial charge in [-0.05, 0) is 6.07 Å². The van der Waals surface area contributed by atoms with Crippen molar-refractivity contribution in [3.05, 3.63) is 18.6 Å². The Morgan fingerprint density at radius 1 is 1.50 bits per heavy atom. The van der Waals surface area contributed by atoms with Crippen LogP contribution in [0.5, 0.6) is 0 Å². The Morgan fingerprint density at radius 3 is 3.00 bits per heavy atom. The molecule has 18 heavy (non-hydrogen) atoms. The fourth-order valence-corrected chi connectivity index (χ4v) is 1.79. The van der Waals surface area contributed by atoms with Gasteiger partial charge in [0.25, 0.3) is 0 Å². The van der Waals surface area contributed by atoms with E-state index in [9.17, 15) is 4.79 Å². The number of carbonyl (C=O) groups excluding carboxylic acids is 1. The van der Waals surface area contributed by atoms with Gasteiger partial charge in [0.1, 0.15) is 5.52 Å². The van der Waals surface area contributed by atoms with E-state index in [1.165, 1.54) is 7.11 Å². The highest BCUT2D eigenvalue weighted by Gasteiger charge is 2.12. The topological polar surface area (TPSA) is 60.2 Å². The molecule has 0 N–H and O–H groups in total. The van der Waals surface area contributed by atoms with Gasteiger partial charge in [-0.15, -0.1) is 0 Å². The third kappa shape index (κ3) is 2.27. The Morgan fingerprint density at radius 2 is 2.28 bits per heavy atom. The SMILES string of the molecule is COC(=O)CCN(C)c1nccc2c1ncn2C. The number of hydrogen-bond acceptors (Lipinski definition) is 5. The van der Waals surface area contributed by atoms with Gasteiger partial charge in [0.2, 0.25) is 0 Å². The van der Waals surface area contributed by atoms with Crippen molar-refractivity contribution in [2.75, 3.05) is 25.6 Å². The summed E-state index contributed by atoms with van der Waals surface area (Å²) in [5, 5.41) is 0. The Balaban J connectivity index is 2.22. The van der Waals surface area contributed by atoms with E-state index in [0.717, 1.165) is 16.9 Å². The number of aryl methyl sites for hydroxylation is 1. The summed E-state index contributed by atoms with van der Waals surface area (Å²) in [6.45, 7) is 0.551. The molecule has 0 saturated heterocycles. The zero-order chi connectivity index (χ0) is 13.1. The maximum Gasteiger partial charge on any atom is 0.307 e. The first kappa shape index (κ1) is 12.3. The van der Waals surface area contributed by atoms with Gasteiger partial charge in [0.05, 0.1) is 25.4 Å². The Bertz CT molecular complexity index is 564. The van der Waals surface area contributed by atoms with Gasteiger partial charge < -0.3 is 14.2 Å². The molecule has 0 unspecified atom stereocenters.